The Labute approximate surface area is 876 Å². The Morgan fingerprint density at radius 2 is 0.277 bits per heavy atom. The molecule has 23 aromatic rings. The first kappa shape index (κ1) is 98.6. The van der Waals surface area contributed by atoms with Gasteiger partial charge in [-0.2, -0.15) is 0 Å². The molecule has 23 aromatic carbocycles. The summed E-state index contributed by atoms with van der Waals surface area (Å²) in [5, 5.41) is 0. The van der Waals surface area contributed by atoms with Gasteiger partial charge >= 0.3 is 0 Å². The van der Waals surface area contributed by atoms with Gasteiger partial charge in [-0.3, -0.25) is 0 Å². The standard InChI is InChI=1S/C31H24.3C25H20.C23H20.C19H16/c1-3-8-26(9-4-1)28-18-14-24(15-19-28)22-25-16-20-29(21-17-25)31-13-7-12-30(23-31)27-10-5-2-6-11-27;1-3-11-22(12-4-1)24-15-7-9-20(18-24)17-21-10-8-16-25(19-21)23-13-5-2-6-14-23;1-3-9-22(10-4-1)24-16-14-20(15-17-24)18-21-8-7-13-25(19-21)23-11-5-2-6-12-23;1-3-7-22(8-4-1)24-15-11-20(12-16-24)19-21-13-17-25(18-14-21)23-9-5-2-6-10-23;1-2-7-19(8-3-1)20-15-13-18(14-16-20)17-22-11-6-10-21-9-4-5-12-23(21)22;1-3-7-16(8-4-1)15-17-11-13-19(14-12-17)18-9-5-2-6-10-18/h1-21,23H,22H2;1-16,18-19H,17H2;1-17,19H,18H2;1-18H,19H2;1-4,6-11,13-16H,5,12,17H2;1-14H,15H2. The highest BCUT2D eigenvalue weighted by molar-refractivity contribution is 5.76. The zero-order valence-electron chi connectivity index (χ0n) is 83.7. The van der Waals surface area contributed by atoms with Crippen LogP contribution in [0.5, 0.6) is 0 Å². The Hall–Kier alpha value is -18.2. The number of fused-ring (bicyclic) bond motifs is 1. The van der Waals surface area contributed by atoms with Crippen LogP contribution in [-0.4, -0.2) is 0 Å². The fourth-order valence-corrected chi connectivity index (χ4v) is 19.2. The summed E-state index contributed by atoms with van der Waals surface area (Å²) in [7, 11) is 0. The van der Waals surface area contributed by atoms with Crippen molar-refractivity contribution in [1.29, 1.82) is 0 Å². The Morgan fingerprint density at radius 1 is 0.115 bits per heavy atom. The quantitative estimate of drug-likeness (QED) is 0.0599. The lowest BCUT2D eigenvalue weighted by molar-refractivity contribution is 0.955. The lowest BCUT2D eigenvalue weighted by atomic mass is 9.89. The molecule has 1 aliphatic carbocycles. The summed E-state index contributed by atoms with van der Waals surface area (Å²) in [5.74, 6) is 0. The molecule has 0 aromatic heterocycles. The van der Waals surface area contributed by atoms with Crippen LogP contribution in [0.25, 0.3) is 128 Å². The molecule has 0 spiro atoms. The molecule has 0 radical (unpaired) electrons. The third kappa shape index (κ3) is 28.4. The van der Waals surface area contributed by atoms with Crippen molar-refractivity contribution in [3.63, 3.8) is 0 Å². The highest BCUT2D eigenvalue weighted by Crippen LogP contribution is 2.35. The number of rotatable bonds is 23. The first-order valence-corrected chi connectivity index (χ1v) is 51.7. The van der Waals surface area contributed by atoms with Crippen molar-refractivity contribution in [3.05, 3.63) is 703 Å². The summed E-state index contributed by atoms with van der Waals surface area (Å²) in [6.07, 6.45) is 12.7. The minimum absolute atomic E-state index is 0.944. The number of benzene rings is 23. The molecule has 0 N–H and O–H groups in total. The predicted molar refractivity (Wildman–Crippen MR) is 631 cm³/mol. The number of allylic oxidation sites excluding steroid dienone is 1. The largest absolute Gasteiger partial charge is 0.0836 e. The molecule has 0 unspecified atom stereocenters. The molecular formula is C148H120. The van der Waals surface area contributed by atoms with Crippen LogP contribution in [0.15, 0.2) is 625 Å². The summed E-state index contributed by atoms with van der Waals surface area (Å²) < 4.78 is 0. The van der Waals surface area contributed by atoms with Crippen molar-refractivity contribution < 1.29 is 0 Å². The summed E-state index contributed by atoms with van der Waals surface area (Å²) in [6.45, 7) is 0. The predicted octanol–water partition coefficient (Wildman–Crippen LogP) is 39.0. The average molecular weight is 1900 g/mol. The van der Waals surface area contributed by atoms with Crippen molar-refractivity contribution in [3.8, 4) is 122 Å². The molecule has 24 rings (SSSR count). The second kappa shape index (κ2) is 51.7. The van der Waals surface area contributed by atoms with E-state index >= 15 is 0 Å². The van der Waals surface area contributed by atoms with E-state index in [0.29, 0.717) is 0 Å². The zero-order chi connectivity index (χ0) is 100.0. The van der Waals surface area contributed by atoms with Crippen molar-refractivity contribution in [2.45, 2.75) is 51.4 Å². The third-order valence-electron chi connectivity index (χ3n) is 27.2. The van der Waals surface area contributed by atoms with Gasteiger partial charge in [0.25, 0.3) is 0 Å². The molecule has 1 aliphatic rings. The molecule has 0 bridgehead atoms. The molecule has 0 fully saturated rings. The minimum Gasteiger partial charge on any atom is -0.0836 e. The zero-order valence-corrected chi connectivity index (χ0v) is 83.7. The van der Waals surface area contributed by atoms with Crippen molar-refractivity contribution >= 4 is 6.08 Å². The van der Waals surface area contributed by atoms with Gasteiger partial charge in [0, 0.05) is 0 Å². The van der Waals surface area contributed by atoms with E-state index in [0.717, 1.165) is 44.9 Å². The molecule has 0 saturated heterocycles. The van der Waals surface area contributed by atoms with Gasteiger partial charge in [0.05, 0.1) is 0 Å². The molecule has 0 nitrogen and oxygen atoms in total. The second-order valence-electron chi connectivity index (χ2n) is 37.7. The van der Waals surface area contributed by atoms with E-state index < -0.39 is 0 Å². The van der Waals surface area contributed by atoms with Crippen LogP contribution >= 0.6 is 0 Å². The van der Waals surface area contributed by atoms with Crippen molar-refractivity contribution in [2.24, 2.45) is 0 Å². The monoisotopic (exact) mass is 1900 g/mol. The van der Waals surface area contributed by atoms with Crippen molar-refractivity contribution in [2.75, 3.05) is 0 Å². The molecule has 0 aliphatic heterocycles. The van der Waals surface area contributed by atoms with E-state index in [2.05, 4.69) is 625 Å². The average Bonchev–Trinajstić information content (AvgIpc) is 0.824. The normalized spacial score (nSPS) is 10.9. The minimum atomic E-state index is 0.944. The highest BCUT2D eigenvalue weighted by Gasteiger charge is 2.14. The fourth-order valence-electron chi connectivity index (χ4n) is 19.2. The Kier molecular flexibility index (Phi) is 34.4. The Balaban J connectivity index is 0.000000112. The maximum Gasteiger partial charge on any atom is -0.00228 e. The third-order valence-corrected chi connectivity index (χ3v) is 27.2. The topological polar surface area (TPSA) is 0 Å². The maximum absolute atomic E-state index is 2.30. The smallest absolute Gasteiger partial charge is 0.00228 e. The first-order chi connectivity index (χ1) is 73.3. The van der Waals surface area contributed by atoms with Crippen LogP contribution in [0.1, 0.15) is 84.3 Å². The molecule has 712 valence electrons. The van der Waals surface area contributed by atoms with Gasteiger partial charge in [-0.05, 0) is 258 Å². The highest BCUT2D eigenvalue weighted by atomic mass is 14.2. The van der Waals surface area contributed by atoms with Crippen LogP contribution in [0.2, 0.25) is 0 Å². The van der Waals surface area contributed by atoms with Gasteiger partial charge in [-0.25, -0.2) is 0 Å². The molecule has 148 heavy (non-hydrogen) atoms. The van der Waals surface area contributed by atoms with Crippen LogP contribution in [0.4, 0.5) is 0 Å². The lowest BCUT2D eigenvalue weighted by Gasteiger charge is -2.15. The van der Waals surface area contributed by atoms with Crippen LogP contribution < -0.4 is 0 Å². The van der Waals surface area contributed by atoms with E-state index in [1.165, 1.54) is 207 Å². The summed E-state index contributed by atoms with van der Waals surface area (Å²) in [4.78, 5) is 0. The van der Waals surface area contributed by atoms with Crippen LogP contribution in [0, 0.1) is 0 Å². The van der Waals surface area contributed by atoms with E-state index in [1.807, 2.05) is 6.07 Å². The Morgan fingerprint density at radius 3 is 0.527 bits per heavy atom. The van der Waals surface area contributed by atoms with E-state index in [-0.39, 0.29) is 0 Å². The SMILES string of the molecule is C1=Cc2cccc(Cc3ccc(-c4ccccc4)cc3)c2CC1.c1ccc(-c2ccc(Cc3ccc(-c4cccc(-c5ccccc5)c4)cc3)cc2)cc1.c1ccc(-c2ccc(Cc3ccc(-c4ccccc4)cc3)cc2)cc1.c1ccc(-c2ccc(Cc3cccc(-c4ccccc4)c3)cc2)cc1.c1ccc(-c2cccc(Cc3cccc(-c4ccccc4)c3)c2)cc1.c1ccc(Cc2ccc(-c3ccccc3)cc2)cc1. The van der Waals surface area contributed by atoms with Gasteiger partial charge in [0.15, 0.2) is 0 Å². The van der Waals surface area contributed by atoms with Gasteiger partial charge < -0.3 is 0 Å². The molecule has 0 heterocycles. The fraction of sp³-hybridized carbons (Fsp3) is 0.0541. The van der Waals surface area contributed by atoms with Gasteiger partial charge in [0.1, 0.15) is 0 Å². The summed E-state index contributed by atoms with van der Waals surface area (Å²) in [6, 6.07) is 220. The number of hydrogen-bond donors (Lipinski definition) is 0. The summed E-state index contributed by atoms with van der Waals surface area (Å²) in [5.41, 5.74) is 47.0. The lowest BCUT2D eigenvalue weighted by Crippen LogP contribution is -2.01. The van der Waals surface area contributed by atoms with E-state index in [1.54, 1.807) is 0 Å². The second-order valence-corrected chi connectivity index (χ2v) is 37.7. The summed E-state index contributed by atoms with van der Waals surface area (Å²) >= 11 is 0. The molecule has 0 heteroatoms. The molecule has 0 saturated carbocycles. The van der Waals surface area contributed by atoms with Gasteiger partial charge in [0.2, 0.25) is 0 Å². The molecular weight excluding hydrogens is 1780 g/mol. The van der Waals surface area contributed by atoms with Gasteiger partial charge in [-0.1, -0.05) is 625 Å². The van der Waals surface area contributed by atoms with E-state index in [9.17, 15) is 0 Å². The maximum atomic E-state index is 2.30. The van der Waals surface area contributed by atoms with Crippen LogP contribution in [-0.2, 0) is 44.9 Å². The Bertz CT molecular complexity index is 7820. The van der Waals surface area contributed by atoms with E-state index in [4.69, 9.17) is 0 Å². The number of hydrogen-bond acceptors (Lipinski definition) is 0. The first-order valence-electron chi connectivity index (χ1n) is 51.7. The van der Waals surface area contributed by atoms with Gasteiger partial charge in [-0.15, -0.1) is 0 Å². The molecule has 0 amide bonds. The molecule has 0 atom stereocenters. The van der Waals surface area contributed by atoms with Crippen LogP contribution in [0.3, 0.4) is 0 Å². The van der Waals surface area contributed by atoms with Crippen molar-refractivity contribution in [1.82, 2.24) is 0 Å².